The number of amides is 1. The van der Waals surface area contributed by atoms with Gasteiger partial charge in [-0.15, -0.1) is 0 Å². The Morgan fingerprint density at radius 3 is 2.62 bits per heavy atom. The average Bonchev–Trinajstić information content (AvgIpc) is 2.41. The summed E-state index contributed by atoms with van der Waals surface area (Å²) in [5, 5.41) is 0. The number of hydrogen-bond donors (Lipinski definition) is 1. The van der Waals surface area contributed by atoms with Gasteiger partial charge in [-0.1, -0.05) is 6.08 Å². The topological polar surface area (TPSA) is 43.1 Å². The average molecular weight is 111 g/mol. The number of carbonyl (C=O) groups excluding carboxylic acids is 1. The molecule has 0 radical (unpaired) electrons. The van der Waals surface area contributed by atoms with Gasteiger partial charge < -0.3 is 5.73 Å². The van der Waals surface area contributed by atoms with Crippen LogP contribution in [0.15, 0.2) is 12.2 Å². The fourth-order valence-electron chi connectivity index (χ4n) is 0.520. The highest BCUT2D eigenvalue weighted by atomic mass is 16.1. The third kappa shape index (κ3) is 1.78. The summed E-state index contributed by atoms with van der Waals surface area (Å²) < 4.78 is 0. The summed E-state index contributed by atoms with van der Waals surface area (Å²) in [5.41, 5.74) is 4.84. The fourth-order valence-corrected chi connectivity index (χ4v) is 0.520. The highest BCUT2D eigenvalue weighted by molar-refractivity contribution is 5.85. The molecule has 1 aliphatic rings. The highest BCUT2D eigenvalue weighted by Gasteiger charge is 2.16. The number of carbonyl (C=O) groups is 1. The summed E-state index contributed by atoms with van der Waals surface area (Å²) in [6.45, 7) is 0. The van der Waals surface area contributed by atoms with Gasteiger partial charge in [0.25, 0.3) is 0 Å². The molecule has 2 N–H and O–H groups in total. The van der Waals surface area contributed by atoms with Gasteiger partial charge in [-0.2, -0.15) is 0 Å². The van der Waals surface area contributed by atoms with Crippen molar-refractivity contribution in [3.8, 4) is 0 Å². The van der Waals surface area contributed by atoms with Crippen LogP contribution in [0, 0.1) is 5.92 Å². The lowest BCUT2D eigenvalue weighted by molar-refractivity contribution is -0.113. The van der Waals surface area contributed by atoms with Crippen LogP contribution < -0.4 is 5.73 Å². The van der Waals surface area contributed by atoms with Crippen molar-refractivity contribution in [3.63, 3.8) is 0 Å². The first-order valence-corrected chi connectivity index (χ1v) is 2.76. The number of primary amides is 1. The minimum atomic E-state index is -0.336. The summed E-state index contributed by atoms with van der Waals surface area (Å²) >= 11 is 0. The molecule has 1 saturated carbocycles. The van der Waals surface area contributed by atoms with Crippen LogP contribution in [-0.2, 0) is 4.79 Å². The molecule has 0 atom stereocenters. The summed E-state index contributed by atoms with van der Waals surface area (Å²) in [6.07, 6.45) is 5.77. The lowest BCUT2D eigenvalue weighted by Gasteiger charge is -1.76. The first-order valence-electron chi connectivity index (χ1n) is 2.76. The van der Waals surface area contributed by atoms with E-state index < -0.39 is 0 Å². The highest BCUT2D eigenvalue weighted by Crippen LogP contribution is 2.29. The summed E-state index contributed by atoms with van der Waals surface area (Å²) in [5.74, 6) is 0.319. The van der Waals surface area contributed by atoms with Gasteiger partial charge in [-0.3, -0.25) is 4.79 Å². The maximum atomic E-state index is 10.1. The predicted molar refractivity (Wildman–Crippen MR) is 31.1 cm³/mol. The Balaban J connectivity index is 2.23. The Kier molecular flexibility index (Phi) is 1.33. The number of allylic oxidation sites excluding steroid dienone is 1. The van der Waals surface area contributed by atoms with E-state index in [1.165, 1.54) is 18.9 Å². The third-order valence-electron chi connectivity index (χ3n) is 1.15. The monoisotopic (exact) mass is 111 g/mol. The first kappa shape index (κ1) is 5.35. The van der Waals surface area contributed by atoms with Gasteiger partial charge in [0.1, 0.15) is 0 Å². The molecule has 0 aromatic heterocycles. The normalized spacial score (nSPS) is 19.5. The van der Waals surface area contributed by atoms with Crippen molar-refractivity contribution < 1.29 is 4.79 Å². The van der Waals surface area contributed by atoms with Crippen LogP contribution in [0.3, 0.4) is 0 Å². The van der Waals surface area contributed by atoms with Gasteiger partial charge in [0.05, 0.1) is 0 Å². The second-order valence-corrected chi connectivity index (χ2v) is 2.10. The van der Waals surface area contributed by atoms with E-state index >= 15 is 0 Å². The lowest BCUT2D eigenvalue weighted by atomic mass is 10.4. The van der Waals surface area contributed by atoms with Gasteiger partial charge in [0.2, 0.25) is 5.91 Å². The molecule has 0 spiro atoms. The Morgan fingerprint density at radius 2 is 2.25 bits per heavy atom. The van der Waals surface area contributed by atoms with Crippen LogP contribution in [0.4, 0.5) is 0 Å². The molecule has 0 heterocycles. The van der Waals surface area contributed by atoms with E-state index in [1.807, 2.05) is 6.08 Å². The van der Waals surface area contributed by atoms with Crippen molar-refractivity contribution >= 4 is 5.91 Å². The molecule has 1 aliphatic carbocycles. The van der Waals surface area contributed by atoms with Crippen LogP contribution in [-0.4, -0.2) is 5.91 Å². The molecule has 0 unspecified atom stereocenters. The van der Waals surface area contributed by atoms with Crippen LogP contribution in [0.25, 0.3) is 0 Å². The second-order valence-electron chi connectivity index (χ2n) is 2.10. The van der Waals surface area contributed by atoms with E-state index in [0.717, 1.165) is 0 Å². The van der Waals surface area contributed by atoms with Crippen molar-refractivity contribution in [1.29, 1.82) is 0 Å². The Morgan fingerprint density at radius 1 is 1.62 bits per heavy atom. The first-order chi connectivity index (χ1) is 3.79. The molecule has 44 valence electrons. The zero-order chi connectivity index (χ0) is 5.98. The molecule has 0 bridgehead atoms. The zero-order valence-corrected chi connectivity index (χ0v) is 4.63. The van der Waals surface area contributed by atoms with Crippen LogP contribution in [0.1, 0.15) is 12.8 Å². The Labute approximate surface area is 48.4 Å². The standard InChI is InChI=1S/C6H9NO/c7-6(8)4-3-5-1-2-5/h3-5H,1-2H2,(H2,7,8). The molecule has 0 aliphatic heterocycles. The van der Waals surface area contributed by atoms with Crippen LogP contribution in [0.5, 0.6) is 0 Å². The third-order valence-corrected chi connectivity index (χ3v) is 1.15. The van der Waals surface area contributed by atoms with E-state index in [4.69, 9.17) is 5.73 Å². The minimum Gasteiger partial charge on any atom is -0.366 e. The van der Waals surface area contributed by atoms with E-state index in [1.54, 1.807) is 0 Å². The largest absolute Gasteiger partial charge is 0.366 e. The number of nitrogens with two attached hydrogens (primary N) is 1. The quantitative estimate of drug-likeness (QED) is 0.516. The maximum absolute atomic E-state index is 10.1. The van der Waals surface area contributed by atoms with Crippen molar-refractivity contribution in [2.75, 3.05) is 0 Å². The van der Waals surface area contributed by atoms with Crippen molar-refractivity contribution in [2.24, 2.45) is 11.7 Å². The van der Waals surface area contributed by atoms with Gasteiger partial charge in [-0.05, 0) is 24.8 Å². The van der Waals surface area contributed by atoms with Gasteiger partial charge >= 0.3 is 0 Å². The molecule has 1 rings (SSSR count). The van der Waals surface area contributed by atoms with E-state index in [9.17, 15) is 4.79 Å². The van der Waals surface area contributed by atoms with Gasteiger partial charge in [0.15, 0.2) is 0 Å². The van der Waals surface area contributed by atoms with Gasteiger partial charge in [-0.25, -0.2) is 0 Å². The van der Waals surface area contributed by atoms with Crippen LogP contribution in [0.2, 0.25) is 0 Å². The SMILES string of the molecule is NC(=O)C=CC1CC1. The van der Waals surface area contributed by atoms with Crippen molar-refractivity contribution in [2.45, 2.75) is 12.8 Å². The van der Waals surface area contributed by atoms with E-state index in [2.05, 4.69) is 0 Å². The molecule has 1 fully saturated rings. The smallest absolute Gasteiger partial charge is 0.241 e. The molecular weight excluding hydrogens is 102 g/mol. The molecule has 1 amide bonds. The number of hydrogen-bond acceptors (Lipinski definition) is 1. The molecule has 2 heteroatoms. The maximum Gasteiger partial charge on any atom is 0.241 e. The lowest BCUT2D eigenvalue weighted by Crippen LogP contribution is -2.05. The molecule has 2 nitrogen and oxygen atoms in total. The summed E-state index contributed by atoms with van der Waals surface area (Å²) in [4.78, 5) is 10.1. The van der Waals surface area contributed by atoms with Crippen molar-refractivity contribution in [3.05, 3.63) is 12.2 Å². The molecule has 8 heavy (non-hydrogen) atoms. The summed E-state index contributed by atoms with van der Waals surface area (Å²) in [6, 6.07) is 0. The number of rotatable bonds is 2. The fraction of sp³-hybridized carbons (Fsp3) is 0.500. The van der Waals surface area contributed by atoms with Crippen LogP contribution >= 0.6 is 0 Å². The van der Waals surface area contributed by atoms with Crippen molar-refractivity contribution in [1.82, 2.24) is 0 Å². The Hall–Kier alpha value is -0.790. The molecular formula is C6H9NO. The van der Waals surface area contributed by atoms with E-state index in [-0.39, 0.29) is 5.91 Å². The molecule has 0 aromatic rings. The minimum absolute atomic E-state index is 0.336. The molecule has 0 saturated heterocycles. The van der Waals surface area contributed by atoms with Gasteiger partial charge in [0, 0.05) is 0 Å². The molecule has 0 aromatic carbocycles. The Bertz CT molecular complexity index is 124. The summed E-state index contributed by atoms with van der Waals surface area (Å²) in [7, 11) is 0. The zero-order valence-electron chi connectivity index (χ0n) is 4.63. The van der Waals surface area contributed by atoms with E-state index in [0.29, 0.717) is 5.92 Å². The second kappa shape index (κ2) is 1.99. The predicted octanol–water partition coefficient (Wildman–Crippen LogP) is 0.438.